The van der Waals surface area contributed by atoms with Crippen LogP contribution in [-0.2, 0) is 6.61 Å². The predicted octanol–water partition coefficient (Wildman–Crippen LogP) is 2.69. The third kappa shape index (κ3) is 2.82. The number of hydrogen-bond acceptors (Lipinski definition) is 5. The third-order valence-electron chi connectivity index (χ3n) is 3.54. The molecule has 0 radical (unpaired) electrons. The Balaban J connectivity index is 1.64. The molecule has 20 heavy (non-hydrogen) atoms. The van der Waals surface area contributed by atoms with Crippen molar-refractivity contribution in [1.29, 1.82) is 0 Å². The maximum Gasteiger partial charge on any atom is 0.253 e. The number of aryl methyl sites for hydroxylation is 2. The largest absolute Gasteiger partial charge is 0.484 e. The van der Waals surface area contributed by atoms with E-state index in [1.165, 1.54) is 5.56 Å². The molecule has 1 atom stereocenters. The maximum atomic E-state index is 5.76. The molecule has 1 aliphatic heterocycles. The zero-order valence-corrected chi connectivity index (χ0v) is 11.8. The van der Waals surface area contributed by atoms with E-state index < -0.39 is 0 Å². The number of hydrogen-bond donors (Lipinski definition) is 1. The Morgan fingerprint density at radius 2 is 2.25 bits per heavy atom. The van der Waals surface area contributed by atoms with Crippen LogP contribution >= 0.6 is 0 Å². The lowest BCUT2D eigenvalue weighted by Gasteiger charge is -2.07. The zero-order valence-electron chi connectivity index (χ0n) is 11.8. The van der Waals surface area contributed by atoms with Crippen LogP contribution in [0.25, 0.3) is 0 Å². The first-order valence-electron chi connectivity index (χ1n) is 6.98. The van der Waals surface area contributed by atoms with Crippen molar-refractivity contribution in [1.82, 2.24) is 15.5 Å². The minimum atomic E-state index is 0.206. The van der Waals surface area contributed by atoms with Crippen molar-refractivity contribution in [3.63, 3.8) is 0 Å². The van der Waals surface area contributed by atoms with E-state index in [1.807, 2.05) is 26.0 Å². The second kappa shape index (κ2) is 5.63. The summed E-state index contributed by atoms with van der Waals surface area (Å²) in [6.45, 7) is 5.39. The van der Waals surface area contributed by atoms with Crippen LogP contribution in [0.15, 0.2) is 22.6 Å². The van der Waals surface area contributed by atoms with Crippen LogP contribution in [0.3, 0.4) is 0 Å². The number of ether oxygens (including phenoxy) is 1. The molecule has 0 aliphatic carbocycles. The van der Waals surface area contributed by atoms with Gasteiger partial charge in [0.25, 0.3) is 5.89 Å². The average molecular weight is 273 g/mol. The Kier molecular flexibility index (Phi) is 3.69. The van der Waals surface area contributed by atoms with E-state index in [-0.39, 0.29) is 6.04 Å². The van der Waals surface area contributed by atoms with Gasteiger partial charge in [-0.3, -0.25) is 0 Å². The summed E-state index contributed by atoms with van der Waals surface area (Å²) < 4.78 is 11.4. The van der Waals surface area contributed by atoms with Gasteiger partial charge in [-0.15, -0.1) is 10.2 Å². The molecule has 106 valence electrons. The van der Waals surface area contributed by atoms with Gasteiger partial charge in [-0.2, -0.15) is 0 Å². The molecule has 1 aromatic heterocycles. The van der Waals surface area contributed by atoms with Crippen molar-refractivity contribution in [3.05, 3.63) is 41.1 Å². The number of aromatic nitrogens is 2. The monoisotopic (exact) mass is 273 g/mol. The molecule has 0 amide bonds. The van der Waals surface area contributed by atoms with Crippen LogP contribution in [0.2, 0.25) is 0 Å². The predicted molar refractivity (Wildman–Crippen MR) is 74.5 cm³/mol. The standard InChI is InChI=1S/C15H19N3O2/c1-10-5-6-11(2)13(8-10)19-9-14-17-18-15(20-14)12-4-3-7-16-12/h5-6,8,12,16H,3-4,7,9H2,1-2H3. The van der Waals surface area contributed by atoms with E-state index in [1.54, 1.807) is 0 Å². The SMILES string of the molecule is Cc1ccc(C)c(OCc2nnc(C3CCCN3)o2)c1. The minimum absolute atomic E-state index is 0.206. The lowest BCUT2D eigenvalue weighted by Crippen LogP contribution is -2.12. The smallest absolute Gasteiger partial charge is 0.253 e. The first kappa shape index (κ1) is 13.1. The number of nitrogens with zero attached hydrogens (tertiary/aromatic N) is 2. The Hall–Kier alpha value is -1.88. The Labute approximate surface area is 118 Å². The van der Waals surface area contributed by atoms with Crippen LogP contribution < -0.4 is 10.1 Å². The molecule has 1 N–H and O–H groups in total. The molecule has 1 aromatic carbocycles. The summed E-state index contributed by atoms with van der Waals surface area (Å²) in [5, 5.41) is 11.5. The van der Waals surface area contributed by atoms with Gasteiger partial charge in [0, 0.05) is 0 Å². The van der Waals surface area contributed by atoms with Gasteiger partial charge in [0.15, 0.2) is 6.61 Å². The number of rotatable bonds is 4. The second-order valence-corrected chi connectivity index (χ2v) is 5.24. The summed E-state index contributed by atoms with van der Waals surface area (Å²) in [7, 11) is 0. The van der Waals surface area contributed by atoms with Gasteiger partial charge in [0.1, 0.15) is 5.75 Å². The van der Waals surface area contributed by atoms with Crippen LogP contribution in [0, 0.1) is 13.8 Å². The molecule has 3 rings (SSSR count). The first-order chi connectivity index (χ1) is 9.72. The van der Waals surface area contributed by atoms with Crippen molar-refractivity contribution < 1.29 is 9.15 Å². The van der Waals surface area contributed by atoms with Crippen LogP contribution in [-0.4, -0.2) is 16.7 Å². The quantitative estimate of drug-likeness (QED) is 0.928. The molecule has 0 bridgehead atoms. The van der Waals surface area contributed by atoms with E-state index in [4.69, 9.17) is 9.15 Å². The van der Waals surface area contributed by atoms with E-state index in [2.05, 4.69) is 21.6 Å². The summed E-state index contributed by atoms with van der Waals surface area (Å²) in [6.07, 6.45) is 2.21. The first-order valence-corrected chi connectivity index (χ1v) is 6.98. The van der Waals surface area contributed by atoms with Gasteiger partial charge in [-0.1, -0.05) is 12.1 Å². The second-order valence-electron chi connectivity index (χ2n) is 5.24. The van der Waals surface area contributed by atoms with E-state index in [0.717, 1.165) is 30.7 Å². The normalized spacial score (nSPS) is 18.4. The molecule has 5 nitrogen and oxygen atoms in total. The molecule has 1 saturated heterocycles. The number of benzene rings is 1. The van der Waals surface area contributed by atoms with E-state index in [0.29, 0.717) is 18.4 Å². The van der Waals surface area contributed by atoms with Crippen LogP contribution in [0.1, 0.15) is 41.8 Å². The minimum Gasteiger partial charge on any atom is -0.484 e. The van der Waals surface area contributed by atoms with Gasteiger partial charge in [-0.05, 0) is 50.4 Å². The fourth-order valence-electron chi connectivity index (χ4n) is 2.36. The Morgan fingerprint density at radius 1 is 1.35 bits per heavy atom. The van der Waals surface area contributed by atoms with Gasteiger partial charge >= 0.3 is 0 Å². The molecule has 0 saturated carbocycles. The summed E-state index contributed by atoms with van der Waals surface area (Å²) in [4.78, 5) is 0. The van der Waals surface area contributed by atoms with E-state index in [9.17, 15) is 0 Å². The van der Waals surface area contributed by atoms with Gasteiger partial charge < -0.3 is 14.5 Å². The summed E-state index contributed by atoms with van der Waals surface area (Å²) in [6, 6.07) is 6.34. The molecule has 5 heteroatoms. The fourth-order valence-corrected chi connectivity index (χ4v) is 2.36. The van der Waals surface area contributed by atoms with Gasteiger partial charge in [-0.25, -0.2) is 0 Å². The van der Waals surface area contributed by atoms with Crippen molar-refractivity contribution in [2.45, 2.75) is 39.3 Å². The van der Waals surface area contributed by atoms with Crippen molar-refractivity contribution in [2.24, 2.45) is 0 Å². The topological polar surface area (TPSA) is 60.2 Å². The summed E-state index contributed by atoms with van der Waals surface area (Å²) >= 11 is 0. The highest BCUT2D eigenvalue weighted by Gasteiger charge is 2.22. The van der Waals surface area contributed by atoms with Crippen LogP contribution in [0.5, 0.6) is 5.75 Å². The highest BCUT2D eigenvalue weighted by molar-refractivity contribution is 5.35. The fraction of sp³-hybridized carbons (Fsp3) is 0.467. The van der Waals surface area contributed by atoms with E-state index >= 15 is 0 Å². The van der Waals surface area contributed by atoms with Gasteiger partial charge in [0.2, 0.25) is 5.89 Å². The molecule has 1 unspecified atom stereocenters. The molecule has 0 spiro atoms. The molecule has 2 aromatic rings. The maximum absolute atomic E-state index is 5.76. The number of nitrogens with one attached hydrogen (secondary N) is 1. The van der Waals surface area contributed by atoms with Crippen LogP contribution in [0.4, 0.5) is 0 Å². The Morgan fingerprint density at radius 3 is 3.05 bits per heavy atom. The summed E-state index contributed by atoms with van der Waals surface area (Å²) in [5.74, 6) is 2.06. The Bertz CT molecular complexity index is 589. The molecular weight excluding hydrogens is 254 g/mol. The van der Waals surface area contributed by atoms with Gasteiger partial charge in [0.05, 0.1) is 6.04 Å². The third-order valence-corrected chi connectivity index (χ3v) is 3.54. The van der Waals surface area contributed by atoms with Crippen molar-refractivity contribution in [2.75, 3.05) is 6.54 Å². The zero-order chi connectivity index (χ0) is 13.9. The van der Waals surface area contributed by atoms with Crippen molar-refractivity contribution in [3.8, 4) is 5.75 Å². The molecule has 1 aliphatic rings. The summed E-state index contributed by atoms with van der Waals surface area (Å²) in [5.41, 5.74) is 2.28. The van der Waals surface area contributed by atoms with Crippen molar-refractivity contribution >= 4 is 0 Å². The lowest BCUT2D eigenvalue weighted by atomic mass is 10.1. The average Bonchev–Trinajstić information content (AvgIpc) is 3.09. The molecule has 1 fully saturated rings. The molecule has 2 heterocycles. The highest BCUT2D eigenvalue weighted by Crippen LogP contribution is 2.23. The highest BCUT2D eigenvalue weighted by atomic mass is 16.5. The lowest BCUT2D eigenvalue weighted by molar-refractivity contribution is 0.253. The molecular formula is C15H19N3O2.